The zero-order valence-electron chi connectivity index (χ0n) is 11.5. The molecule has 0 atom stereocenters. The van der Waals surface area contributed by atoms with Gasteiger partial charge >= 0.3 is 0 Å². The molecule has 0 saturated carbocycles. The van der Waals surface area contributed by atoms with E-state index in [0.717, 1.165) is 5.92 Å². The summed E-state index contributed by atoms with van der Waals surface area (Å²) in [6.07, 6.45) is 10.9. The van der Waals surface area contributed by atoms with Crippen molar-refractivity contribution >= 4 is 0 Å². The molecule has 0 fully saturated rings. The van der Waals surface area contributed by atoms with Crippen LogP contribution in [0.2, 0.25) is 0 Å². The Bertz CT molecular complexity index is 253. The highest BCUT2D eigenvalue weighted by molar-refractivity contribution is 5.18. The number of unbranched alkanes of at least 4 members (excludes halogenated alkanes) is 4. The number of benzene rings is 1. The minimum Gasteiger partial charge on any atom is -0.0654 e. The van der Waals surface area contributed by atoms with E-state index in [-0.39, 0.29) is 0 Å². The number of rotatable bonds is 9. The molecule has 0 bridgehead atoms. The average Bonchev–Trinajstić information content (AvgIpc) is 2.38. The van der Waals surface area contributed by atoms with E-state index in [1.54, 1.807) is 0 Å². The van der Waals surface area contributed by atoms with Crippen molar-refractivity contribution in [2.45, 2.75) is 71.1 Å². The Balaban J connectivity index is 2.46. The van der Waals surface area contributed by atoms with E-state index in [1.165, 1.54) is 56.9 Å². The van der Waals surface area contributed by atoms with Crippen LogP contribution >= 0.6 is 0 Å². The molecule has 0 unspecified atom stereocenters. The van der Waals surface area contributed by atoms with Crippen molar-refractivity contribution in [1.82, 2.24) is 0 Å². The Kier molecular flexibility index (Phi) is 7.79. The molecular weight excluding hydrogens is 204 g/mol. The lowest BCUT2D eigenvalue weighted by atomic mass is 9.88. The number of hydrogen-bond donors (Lipinski definition) is 0. The Morgan fingerprint density at radius 1 is 0.882 bits per heavy atom. The van der Waals surface area contributed by atoms with Crippen molar-refractivity contribution in [3.05, 3.63) is 35.9 Å². The number of hydrogen-bond acceptors (Lipinski definition) is 0. The van der Waals surface area contributed by atoms with Gasteiger partial charge in [-0.15, -0.1) is 0 Å². The van der Waals surface area contributed by atoms with Crippen LogP contribution in [-0.2, 0) is 0 Å². The van der Waals surface area contributed by atoms with Crippen LogP contribution in [0.15, 0.2) is 24.3 Å². The summed E-state index contributed by atoms with van der Waals surface area (Å²) in [6.45, 7) is 4.56. The van der Waals surface area contributed by atoms with Gasteiger partial charge in [0.15, 0.2) is 0 Å². The maximum atomic E-state index is 3.12. The van der Waals surface area contributed by atoms with E-state index in [4.69, 9.17) is 0 Å². The molecule has 0 heterocycles. The molecule has 0 heteroatoms. The topological polar surface area (TPSA) is 0 Å². The van der Waals surface area contributed by atoms with E-state index >= 15 is 0 Å². The SMILES string of the molecule is CCCCCC(CCCCC)c1cc[c]cc1. The van der Waals surface area contributed by atoms with Crippen LogP contribution in [0.5, 0.6) is 0 Å². The average molecular weight is 231 g/mol. The Morgan fingerprint density at radius 3 is 1.88 bits per heavy atom. The fourth-order valence-electron chi connectivity index (χ4n) is 2.43. The summed E-state index contributed by atoms with van der Waals surface area (Å²) in [7, 11) is 0. The first-order valence-electron chi connectivity index (χ1n) is 7.34. The van der Waals surface area contributed by atoms with Crippen LogP contribution in [0.3, 0.4) is 0 Å². The minimum atomic E-state index is 0.780. The molecule has 1 aromatic rings. The van der Waals surface area contributed by atoms with E-state index < -0.39 is 0 Å². The van der Waals surface area contributed by atoms with E-state index in [9.17, 15) is 0 Å². The predicted octanol–water partition coefficient (Wildman–Crippen LogP) is 5.73. The van der Waals surface area contributed by atoms with Gasteiger partial charge in [0.2, 0.25) is 0 Å². The van der Waals surface area contributed by atoms with Crippen molar-refractivity contribution in [3.63, 3.8) is 0 Å². The second-order valence-electron chi connectivity index (χ2n) is 5.02. The monoisotopic (exact) mass is 231 g/mol. The second-order valence-corrected chi connectivity index (χ2v) is 5.02. The maximum absolute atomic E-state index is 3.12. The standard InChI is InChI=1S/C17H27/c1-3-5-8-12-16(13-9-6-4-2)17-14-10-7-11-15-17/h10-11,14-16H,3-6,8-9,12-13H2,1-2H3. The molecule has 95 valence electrons. The molecule has 0 spiro atoms. The molecule has 1 aromatic carbocycles. The molecule has 17 heavy (non-hydrogen) atoms. The van der Waals surface area contributed by atoms with Gasteiger partial charge in [-0.1, -0.05) is 76.6 Å². The molecule has 0 amide bonds. The van der Waals surface area contributed by atoms with Crippen LogP contribution in [0.25, 0.3) is 0 Å². The third-order valence-corrected chi connectivity index (χ3v) is 3.53. The van der Waals surface area contributed by atoms with Crippen molar-refractivity contribution in [1.29, 1.82) is 0 Å². The lowest BCUT2D eigenvalue weighted by Crippen LogP contribution is -1.99. The van der Waals surface area contributed by atoms with E-state index in [0.29, 0.717) is 0 Å². The smallest absolute Gasteiger partial charge is 0.0162 e. The van der Waals surface area contributed by atoms with Gasteiger partial charge in [0, 0.05) is 0 Å². The van der Waals surface area contributed by atoms with Gasteiger partial charge in [-0.25, -0.2) is 0 Å². The highest BCUT2D eigenvalue weighted by Crippen LogP contribution is 2.27. The fraction of sp³-hybridized carbons (Fsp3) is 0.647. The van der Waals surface area contributed by atoms with Crippen molar-refractivity contribution in [3.8, 4) is 0 Å². The molecule has 0 aliphatic carbocycles. The first kappa shape index (κ1) is 14.3. The van der Waals surface area contributed by atoms with Gasteiger partial charge in [0.05, 0.1) is 0 Å². The molecule has 1 radical (unpaired) electrons. The second kappa shape index (κ2) is 9.27. The van der Waals surface area contributed by atoms with Gasteiger partial charge < -0.3 is 0 Å². The van der Waals surface area contributed by atoms with Crippen molar-refractivity contribution < 1.29 is 0 Å². The summed E-state index contributed by atoms with van der Waals surface area (Å²) in [5.74, 6) is 0.780. The molecule has 0 N–H and O–H groups in total. The van der Waals surface area contributed by atoms with Gasteiger partial charge in [-0.2, -0.15) is 0 Å². The van der Waals surface area contributed by atoms with Gasteiger partial charge in [-0.05, 0) is 30.4 Å². The molecular formula is C17H27. The largest absolute Gasteiger partial charge is 0.0654 e. The zero-order valence-corrected chi connectivity index (χ0v) is 11.5. The van der Waals surface area contributed by atoms with Crippen LogP contribution in [0.4, 0.5) is 0 Å². The maximum Gasteiger partial charge on any atom is -0.0162 e. The van der Waals surface area contributed by atoms with Gasteiger partial charge in [0.25, 0.3) is 0 Å². The summed E-state index contributed by atoms with van der Waals surface area (Å²) >= 11 is 0. The lowest BCUT2D eigenvalue weighted by molar-refractivity contribution is 0.506. The molecule has 0 aliphatic heterocycles. The van der Waals surface area contributed by atoms with E-state index in [1.807, 2.05) is 0 Å². The van der Waals surface area contributed by atoms with Crippen LogP contribution in [0.1, 0.15) is 76.7 Å². The highest BCUT2D eigenvalue weighted by Gasteiger charge is 2.10. The minimum absolute atomic E-state index is 0.780. The zero-order chi connectivity index (χ0) is 12.3. The summed E-state index contributed by atoms with van der Waals surface area (Å²) < 4.78 is 0. The summed E-state index contributed by atoms with van der Waals surface area (Å²) in [5.41, 5.74) is 1.52. The molecule has 0 aromatic heterocycles. The first-order valence-corrected chi connectivity index (χ1v) is 7.34. The third kappa shape index (κ3) is 5.91. The fourth-order valence-corrected chi connectivity index (χ4v) is 2.43. The van der Waals surface area contributed by atoms with Crippen molar-refractivity contribution in [2.24, 2.45) is 0 Å². The Hall–Kier alpha value is -0.780. The first-order chi connectivity index (χ1) is 8.38. The van der Waals surface area contributed by atoms with Crippen LogP contribution in [-0.4, -0.2) is 0 Å². The van der Waals surface area contributed by atoms with Gasteiger partial charge in [-0.3, -0.25) is 0 Å². The molecule has 0 nitrogen and oxygen atoms in total. The highest BCUT2D eigenvalue weighted by atomic mass is 14.1. The van der Waals surface area contributed by atoms with Gasteiger partial charge in [0.1, 0.15) is 0 Å². The van der Waals surface area contributed by atoms with Crippen LogP contribution < -0.4 is 0 Å². The molecule has 1 rings (SSSR count). The normalized spacial score (nSPS) is 11.0. The lowest BCUT2D eigenvalue weighted by Gasteiger charge is -2.17. The Morgan fingerprint density at radius 2 is 1.41 bits per heavy atom. The molecule has 0 aliphatic rings. The summed E-state index contributed by atoms with van der Waals surface area (Å²) in [6, 6.07) is 11.7. The Labute approximate surface area is 107 Å². The third-order valence-electron chi connectivity index (χ3n) is 3.53. The van der Waals surface area contributed by atoms with E-state index in [2.05, 4.69) is 44.2 Å². The van der Waals surface area contributed by atoms with Crippen LogP contribution in [0, 0.1) is 6.07 Å². The molecule has 0 saturated heterocycles. The van der Waals surface area contributed by atoms with Crippen molar-refractivity contribution in [2.75, 3.05) is 0 Å². The summed E-state index contributed by atoms with van der Waals surface area (Å²) in [5, 5.41) is 0. The summed E-state index contributed by atoms with van der Waals surface area (Å²) in [4.78, 5) is 0. The predicted molar refractivity (Wildman–Crippen MR) is 76.3 cm³/mol. The quantitative estimate of drug-likeness (QED) is 0.476.